The lowest BCUT2D eigenvalue weighted by Crippen LogP contribution is -2.33. The summed E-state index contributed by atoms with van der Waals surface area (Å²) in [7, 11) is 1.79. The molecule has 0 aromatic heterocycles. The Morgan fingerprint density at radius 1 is 1.47 bits per heavy atom. The third-order valence-electron chi connectivity index (χ3n) is 2.92. The van der Waals surface area contributed by atoms with Gasteiger partial charge < -0.3 is 4.90 Å². The number of rotatable bonds is 2. The number of anilines is 1. The average molecular weight is 246 g/mol. The number of carbonyl (C=O) groups is 1. The largest absolute Gasteiger partial charge is 0.315 e. The van der Waals surface area contributed by atoms with Crippen molar-refractivity contribution in [2.45, 2.75) is 18.1 Å². The van der Waals surface area contributed by atoms with Crippen molar-refractivity contribution in [3.63, 3.8) is 0 Å². The zero-order chi connectivity index (χ0) is 12.3. The van der Waals surface area contributed by atoms with Gasteiger partial charge in [-0.1, -0.05) is 0 Å². The molecule has 1 aromatic rings. The van der Waals surface area contributed by atoms with Gasteiger partial charge >= 0.3 is 0 Å². The van der Waals surface area contributed by atoms with Gasteiger partial charge in [0.1, 0.15) is 0 Å². The van der Waals surface area contributed by atoms with Gasteiger partial charge in [0.15, 0.2) is 0 Å². The summed E-state index contributed by atoms with van der Waals surface area (Å²) in [5, 5.41) is 8.82. The highest BCUT2D eigenvalue weighted by Gasteiger charge is 2.26. The first-order chi connectivity index (χ1) is 8.22. The zero-order valence-electron chi connectivity index (χ0n) is 9.72. The molecule has 1 unspecified atom stereocenters. The molecule has 3 nitrogen and oxygen atoms in total. The van der Waals surface area contributed by atoms with Gasteiger partial charge in [-0.2, -0.15) is 5.26 Å². The van der Waals surface area contributed by atoms with Crippen molar-refractivity contribution in [2.75, 3.05) is 17.7 Å². The summed E-state index contributed by atoms with van der Waals surface area (Å²) in [4.78, 5) is 13.8. The SMILES string of the molecule is CN(C(=O)C1CCCS1)c1ccc(C#N)cc1. The fraction of sp³-hybridized carbons (Fsp3) is 0.385. The lowest BCUT2D eigenvalue weighted by atomic mass is 10.2. The Labute approximate surface area is 105 Å². The molecule has 1 aromatic carbocycles. The van der Waals surface area contributed by atoms with Crippen LogP contribution < -0.4 is 4.90 Å². The first-order valence-corrected chi connectivity index (χ1v) is 6.66. The molecular weight excluding hydrogens is 232 g/mol. The number of thioether (sulfide) groups is 1. The number of nitriles is 1. The van der Waals surface area contributed by atoms with Crippen LogP contribution in [0.1, 0.15) is 18.4 Å². The molecule has 17 heavy (non-hydrogen) atoms. The van der Waals surface area contributed by atoms with E-state index in [2.05, 4.69) is 6.07 Å². The topological polar surface area (TPSA) is 44.1 Å². The van der Waals surface area contributed by atoms with Crippen LogP contribution in [0, 0.1) is 11.3 Å². The quantitative estimate of drug-likeness (QED) is 0.805. The summed E-state index contributed by atoms with van der Waals surface area (Å²) in [6, 6.07) is 9.17. The highest BCUT2D eigenvalue weighted by molar-refractivity contribution is 8.00. The number of nitrogens with zero attached hydrogens (tertiary/aromatic N) is 2. The summed E-state index contributed by atoms with van der Waals surface area (Å²) in [6.07, 6.45) is 2.10. The van der Waals surface area contributed by atoms with E-state index in [-0.39, 0.29) is 11.2 Å². The molecule has 1 amide bonds. The minimum atomic E-state index is 0.107. The van der Waals surface area contributed by atoms with Gasteiger partial charge in [0.25, 0.3) is 0 Å². The van der Waals surface area contributed by atoms with E-state index in [1.807, 2.05) is 12.1 Å². The van der Waals surface area contributed by atoms with E-state index < -0.39 is 0 Å². The molecule has 88 valence electrons. The van der Waals surface area contributed by atoms with Crippen molar-refractivity contribution in [3.8, 4) is 6.07 Å². The van der Waals surface area contributed by atoms with Gasteiger partial charge in [-0.25, -0.2) is 0 Å². The lowest BCUT2D eigenvalue weighted by molar-refractivity contribution is -0.117. The number of benzene rings is 1. The van der Waals surface area contributed by atoms with E-state index >= 15 is 0 Å². The van der Waals surface area contributed by atoms with Crippen molar-refractivity contribution >= 4 is 23.4 Å². The van der Waals surface area contributed by atoms with Crippen LogP contribution >= 0.6 is 11.8 Å². The molecule has 0 N–H and O–H groups in total. The summed E-state index contributed by atoms with van der Waals surface area (Å²) in [6.45, 7) is 0. The van der Waals surface area contributed by atoms with Gasteiger partial charge in [0.05, 0.1) is 16.9 Å². The first-order valence-electron chi connectivity index (χ1n) is 5.61. The van der Waals surface area contributed by atoms with E-state index in [0.717, 1.165) is 24.3 Å². The van der Waals surface area contributed by atoms with Gasteiger partial charge in [0, 0.05) is 12.7 Å². The molecule has 1 aliphatic rings. The van der Waals surface area contributed by atoms with Crippen LogP contribution in [0.15, 0.2) is 24.3 Å². The Kier molecular flexibility index (Phi) is 3.70. The lowest BCUT2D eigenvalue weighted by Gasteiger charge is -2.20. The highest BCUT2D eigenvalue weighted by Crippen LogP contribution is 2.28. The van der Waals surface area contributed by atoms with E-state index in [4.69, 9.17) is 5.26 Å². The maximum Gasteiger partial charge on any atom is 0.239 e. The summed E-state index contributed by atoms with van der Waals surface area (Å²) in [5.41, 5.74) is 1.46. The average Bonchev–Trinajstić information content (AvgIpc) is 2.91. The number of amides is 1. The van der Waals surface area contributed by atoms with E-state index in [1.165, 1.54) is 0 Å². The Morgan fingerprint density at radius 3 is 2.71 bits per heavy atom. The second-order valence-corrected chi connectivity index (χ2v) is 5.37. The molecule has 0 saturated carbocycles. The molecule has 0 bridgehead atoms. The van der Waals surface area contributed by atoms with Crippen LogP contribution in [0.25, 0.3) is 0 Å². The van der Waals surface area contributed by atoms with Crippen LogP contribution in [0.3, 0.4) is 0 Å². The van der Waals surface area contributed by atoms with Crippen molar-refractivity contribution in [3.05, 3.63) is 29.8 Å². The number of hydrogen-bond acceptors (Lipinski definition) is 3. The standard InChI is InChI=1S/C13H14N2OS/c1-15(13(16)12-3-2-8-17-12)11-6-4-10(9-14)5-7-11/h4-7,12H,2-3,8H2,1H3. The molecule has 1 fully saturated rings. The van der Waals surface area contributed by atoms with Crippen LogP contribution in [0.5, 0.6) is 0 Å². The third-order valence-corrected chi connectivity index (χ3v) is 4.28. The summed E-state index contributed by atoms with van der Waals surface area (Å²) in [5.74, 6) is 1.25. The monoisotopic (exact) mass is 246 g/mol. The molecule has 0 radical (unpaired) electrons. The Bertz CT molecular complexity index is 443. The van der Waals surface area contributed by atoms with Crippen LogP contribution in [-0.4, -0.2) is 24.0 Å². The minimum Gasteiger partial charge on any atom is -0.315 e. The summed E-state index contributed by atoms with van der Waals surface area (Å²) < 4.78 is 0. The van der Waals surface area contributed by atoms with E-state index in [9.17, 15) is 4.79 Å². The molecular formula is C13H14N2OS. The fourth-order valence-corrected chi connectivity index (χ4v) is 3.13. The maximum atomic E-state index is 12.1. The second kappa shape index (κ2) is 5.24. The van der Waals surface area contributed by atoms with Crippen molar-refractivity contribution in [2.24, 2.45) is 0 Å². The normalized spacial score (nSPS) is 18.7. The Balaban J connectivity index is 2.10. The van der Waals surface area contributed by atoms with Crippen molar-refractivity contribution < 1.29 is 4.79 Å². The maximum absolute atomic E-state index is 12.1. The molecule has 1 atom stereocenters. The van der Waals surface area contributed by atoms with Crippen LogP contribution in [0.4, 0.5) is 5.69 Å². The first kappa shape index (κ1) is 12.0. The molecule has 1 saturated heterocycles. The molecule has 0 spiro atoms. The molecule has 1 aliphatic heterocycles. The predicted molar refractivity (Wildman–Crippen MR) is 70.0 cm³/mol. The Hall–Kier alpha value is -1.47. The number of carbonyl (C=O) groups excluding carboxylic acids is 1. The second-order valence-electron chi connectivity index (χ2n) is 4.06. The van der Waals surface area contributed by atoms with E-state index in [1.54, 1.807) is 35.8 Å². The minimum absolute atomic E-state index is 0.107. The van der Waals surface area contributed by atoms with Crippen LogP contribution in [-0.2, 0) is 4.79 Å². The molecule has 0 aliphatic carbocycles. The van der Waals surface area contributed by atoms with Crippen LogP contribution in [0.2, 0.25) is 0 Å². The van der Waals surface area contributed by atoms with Gasteiger partial charge in [0.2, 0.25) is 5.91 Å². The van der Waals surface area contributed by atoms with Gasteiger partial charge in [-0.05, 0) is 42.9 Å². The third kappa shape index (κ3) is 2.62. The smallest absolute Gasteiger partial charge is 0.239 e. The van der Waals surface area contributed by atoms with Crippen molar-refractivity contribution in [1.82, 2.24) is 0 Å². The predicted octanol–water partition coefficient (Wildman–Crippen LogP) is 2.42. The van der Waals surface area contributed by atoms with Gasteiger partial charge in [-0.3, -0.25) is 4.79 Å². The fourth-order valence-electron chi connectivity index (χ4n) is 1.88. The van der Waals surface area contributed by atoms with Crippen molar-refractivity contribution in [1.29, 1.82) is 5.26 Å². The molecule has 1 heterocycles. The number of hydrogen-bond donors (Lipinski definition) is 0. The Morgan fingerprint density at radius 2 is 2.18 bits per heavy atom. The zero-order valence-corrected chi connectivity index (χ0v) is 10.5. The molecule has 2 rings (SSSR count). The van der Waals surface area contributed by atoms with E-state index in [0.29, 0.717) is 5.56 Å². The molecule has 4 heteroatoms. The van der Waals surface area contributed by atoms with Gasteiger partial charge in [-0.15, -0.1) is 11.8 Å². The highest BCUT2D eigenvalue weighted by atomic mass is 32.2. The summed E-state index contributed by atoms with van der Waals surface area (Å²) >= 11 is 1.74.